The van der Waals surface area contributed by atoms with Crippen molar-refractivity contribution in [1.82, 2.24) is 9.80 Å². The number of rotatable bonds is 37. The van der Waals surface area contributed by atoms with Gasteiger partial charge in [0.25, 0.3) is 0 Å². The summed E-state index contributed by atoms with van der Waals surface area (Å²) >= 11 is 0. The highest BCUT2D eigenvalue weighted by Crippen LogP contribution is 2.11. The zero-order valence-electron chi connectivity index (χ0n) is 33.8. The molecule has 0 aromatic heterocycles. The van der Waals surface area contributed by atoms with Crippen molar-refractivity contribution in [2.45, 2.75) is 188 Å². The van der Waals surface area contributed by atoms with Gasteiger partial charge in [0.15, 0.2) is 0 Å². The van der Waals surface area contributed by atoms with E-state index < -0.39 is 12.2 Å². The molecule has 0 fully saturated rings. The maximum atomic E-state index is 12.3. The Bertz CT molecular complexity index is 730. The monoisotopic (exact) mass is 733 g/mol. The molecule has 0 saturated heterocycles. The van der Waals surface area contributed by atoms with Crippen LogP contribution in [-0.4, -0.2) is 120 Å². The first-order valence-corrected chi connectivity index (χ1v) is 21.1. The lowest BCUT2D eigenvalue weighted by Crippen LogP contribution is -2.40. The molecule has 0 radical (unpaired) electrons. The van der Waals surface area contributed by atoms with Crippen molar-refractivity contribution in [2.75, 3.05) is 65.8 Å². The molecule has 0 heterocycles. The average molecular weight is 733 g/mol. The van der Waals surface area contributed by atoms with Gasteiger partial charge in [0.1, 0.15) is 0 Å². The lowest BCUT2D eigenvalue weighted by atomic mass is 10.1. The van der Waals surface area contributed by atoms with E-state index in [2.05, 4.69) is 20.8 Å². The Kier molecular flexibility index (Phi) is 42.1. The summed E-state index contributed by atoms with van der Waals surface area (Å²) in [5.41, 5.74) is 0. The minimum absolute atomic E-state index is 0.0175. The first kappa shape index (κ1) is 51.8. The lowest BCUT2D eigenvalue weighted by Gasteiger charge is -2.24. The molecule has 10 nitrogen and oxygen atoms in total. The van der Waals surface area contributed by atoms with Crippen LogP contribution in [-0.2, 0) is 19.1 Å². The molecule has 0 spiro atoms. The smallest absolute Gasteiger partial charge is 0.222 e. The lowest BCUT2D eigenvalue weighted by molar-refractivity contribution is -0.134. The van der Waals surface area contributed by atoms with Crippen LogP contribution in [0, 0.1) is 0 Å². The summed E-state index contributed by atoms with van der Waals surface area (Å²) in [5, 5.41) is 38.2. The first-order valence-electron chi connectivity index (χ1n) is 21.1. The number of aliphatic hydroxyl groups is 4. The number of aliphatic hydroxyl groups excluding tert-OH is 4. The van der Waals surface area contributed by atoms with E-state index in [1.165, 1.54) is 101 Å². The summed E-state index contributed by atoms with van der Waals surface area (Å²) < 4.78 is 11.1. The maximum absolute atomic E-state index is 12.3. The summed E-state index contributed by atoms with van der Waals surface area (Å²) in [6.07, 6.45) is 25.3. The van der Waals surface area contributed by atoms with Gasteiger partial charge < -0.3 is 39.7 Å². The van der Waals surface area contributed by atoms with Gasteiger partial charge in [0.05, 0.1) is 38.6 Å². The molecule has 0 saturated carbocycles. The third kappa shape index (κ3) is 36.8. The molecule has 4 N–H and O–H groups in total. The first-order chi connectivity index (χ1) is 24.8. The van der Waals surface area contributed by atoms with Crippen LogP contribution in [0.5, 0.6) is 0 Å². The van der Waals surface area contributed by atoms with Crippen LogP contribution in [0.3, 0.4) is 0 Å². The molecule has 2 amide bonds. The fourth-order valence-corrected chi connectivity index (χ4v) is 5.87. The molecule has 2 atom stereocenters. The topological polar surface area (TPSA) is 140 Å². The molecule has 0 aromatic carbocycles. The summed E-state index contributed by atoms with van der Waals surface area (Å²) in [4.78, 5) is 27.0. The standard InChI is InChI=1S/C24H49NO4.C17H35NO4/c1-3-5-7-9-10-11-12-13-14-16-20-29-22-23(27)21-25(18-19-26)24(28)17-15-8-6-4-2;1-3-5-6-7-8-9-10-13-22-15-16(20)14-18(11-12-19)17(21)4-2/h23,26-27H,3-22H2,1-2H3;16,19-20H,3-15H2,1-2H3. The van der Waals surface area contributed by atoms with Gasteiger partial charge in [-0.25, -0.2) is 0 Å². The van der Waals surface area contributed by atoms with Crippen LogP contribution in [0.1, 0.15) is 175 Å². The SMILES string of the molecule is CCCCCCCCCCCCOCC(O)CN(CCO)C(=O)CCCCCC.CCCCCCCCCOCC(O)CN(CCO)C(=O)CC. The molecule has 306 valence electrons. The molecule has 0 bridgehead atoms. The Morgan fingerprint density at radius 1 is 0.490 bits per heavy atom. The average Bonchev–Trinajstić information content (AvgIpc) is 3.12. The number of ether oxygens (including phenoxy) is 2. The van der Waals surface area contributed by atoms with Crippen molar-refractivity contribution in [3.63, 3.8) is 0 Å². The Balaban J connectivity index is 0. The van der Waals surface area contributed by atoms with Gasteiger partial charge in [0.2, 0.25) is 11.8 Å². The Labute approximate surface area is 314 Å². The van der Waals surface area contributed by atoms with Crippen molar-refractivity contribution >= 4 is 11.8 Å². The summed E-state index contributed by atoms with van der Waals surface area (Å²) in [6.45, 7) is 11.1. The molecular formula is C41H84N2O8. The molecule has 51 heavy (non-hydrogen) atoms. The number of nitrogens with zero attached hydrogens (tertiary/aromatic N) is 2. The zero-order chi connectivity index (χ0) is 38.2. The third-order valence-corrected chi connectivity index (χ3v) is 9.01. The van der Waals surface area contributed by atoms with E-state index >= 15 is 0 Å². The van der Waals surface area contributed by atoms with Gasteiger partial charge in [0, 0.05) is 52.2 Å². The van der Waals surface area contributed by atoms with Crippen molar-refractivity contribution < 1.29 is 39.5 Å². The fraction of sp³-hybridized carbons (Fsp3) is 0.951. The van der Waals surface area contributed by atoms with Gasteiger partial charge in [-0.05, 0) is 19.3 Å². The van der Waals surface area contributed by atoms with Crippen molar-refractivity contribution in [1.29, 1.82) is 0 Å². The number of amides is 2. The molecule has 2 unspecified atom stereocenters. The highest BCUT2D eigenvalue weighted by Gasteiger charge is 2.17. The van der Waals surface area contributed by atoms with E-state index in [-0.39, 0.29) is 64.4 Å². The summed E-state index contributed by atoms with van der Waals surface area (Å²) in [5.74, 6) is -0.0379. The second-order valence-electron chi connectivity index (χ2n) is 14.1. The quantitative estimate of drug-likeness (QED) is 0.0484. The molecule has 0 aromatic rings. The number of carbonyl (C=O) groups excluding carboxylic acids is 2. The van der Waals surface area contributed by atoms with Crippen molar-refractivity contribution in [3.8, 4) is 0 Å². The van der Waals surface area contributed by atoms with Crippen LogP contribution in [0.2, 0.25) is 0 Å². The predicted octanol–water partition coefficient (Wildman–Crippen LogP) is 7.42. The predicted molar refractivity (Wildman–Crippen MR) is 210 cm³/mol. The maximum Gasteiger partial charge on any atom is 0.222 e. The second-order valence-corrected chi connectivity index (χ2v) is 14.1. The number of hydrogen-bond donors (Lipinski definition) is 4. The second kappa shape index (κ2) is 41.5. The number of unbranched alkanes of at least 4 members (excludes halogenated alkanes) is 18. The van der Waals surface area contributed by atoms with Gasteiger partial charge in [-0.2, -0.15) is 0 Å². The zero-order valence-corrected chi connectivity index (χ0v) is 33.8. The van der Waals surface area contributed by atoms with Crippen molar-refractivity contribution in [3.05, 3.63) is 0 Å². The van der Waals surface area contributed by atoms with Crippen LogP contribution in [0.4, 0.5) is 0 Å². The van der Waals surface area contributed by atoms with Crippen LogP contribution in [0.25, 0.3) is 0 Å². The Morgan fingerprint density at radius 2 is 0.824 bits per heavy atom. The Morgan fingerprint density at radius 3 is 1.18 bits per heavy atom. The largest absolute Gasteiger partial charge is 0.395 e. The van der Waals surface area contributed by atoms with E-state index in [1.54, 1.807) is 11.8 Å². The van der Waals surface area contributed by atoms with Crippen LogP contribution < -0.4 is 0 Å². The highest BCUT2D eigenvalue weighted by molar-refractivity contribution is 5.76. The molecule has 0 aliphatic heterocycles. The van der Waals surface area contributed by atoms with Gasteiger partial charge in [-0.15, -0.1) is 0 Å². The van der Waals surface area contributed by atoms with Gasteiger partial charge >= 0.3 is 0 Å². The fourth-order valence-electron chi connectivity index (χ4n) is 5.87. The normalized spacial score (nSPS) is 12.3. The van der Waals surface area contributed by atoms with Crippen LogP contribution in [0.15, 0.2) is 0 Å². The molecule has 0 aliphatic rings. The van der Waals surface area contributed by atoms with Gasteiger partial charge in [-0.3, -0.25) is 9.59 Å². The Hall–Kier alpha value is -1.30. The third-order valence-electron chi connectivity index (χ3n) is 9.01. The van der Waals surface area contributed by atoms with E-state index in [4.69, 9.17) is 14.6 Å². The summed E-state index contributed by atoms with van der Waals surface area (Å²) in [7, 11) is 0. The van der Waals surface area contributed by atoms with Crippen LogP contribution >= 0.6 is 0 Å². The van der Waals surface area contributed by atoms with E-state index in [0.29, 0.717) is 26.1 Å². The van der Waals surface area contributed by atoms with Crippen molar-refractivity contribution in [2.24, 2.45) is 0 Å². The van der Waals surface area contributed by atoms with E-state index in [0.717, 1.165) is 38.5 Å². The minimum atomic E-state index is -0.690. The number of carbonyl (C=O) groups is 2. The number of hydrogen-bond acceptors (Lipinski definition) is 8. The molecule has 0 rings (SSSR count). The van der Waals surface area contributed by atoms with E-state index in [9.17, 15) is 24.9 Å². The minimum Gasteiger partial charge on any atom is -0.395 e. The molecule has 10 heteroatoms. The summed E-state index contributed by atoms with van der Waals surface area (Å²) in [6, 6.07) is 0. The van der Waals surface area contributed by atoms with E-state index in [1.807, 2.05) is 0 Å². The molecule has 0 aliphatic carbocycles. The highest BCUT2D eigenvalue weighted by atomic mass is 16.5. The van der Waals surface area contributed by atoms with Gasteiger partial charge in [-0.1, -0.05) is 143 Å². The molecular weight excluding hydrogens is 648 g/mol.